The molecule has 0 bridgehead atoms. The first-order valence-corrected chi connectivity index (χ1v) is 10.0. The van der Waals surface area contributed by atoms with Gasteiger partial charge in [0.2, 0.25) is 0 Å². The highest BCUT2D eigenvalue weighted by atomic mass is 32.2. The van der Waals surface area contributed by atoms with Gasteiger partial charge in [0.25, 0.3) is 0 Å². The Balaban J connectivity index is 2.05. The quantitative estimate of drug-likeness (QED) is 0.284. The molecule has 0 fully saturated rings. The number of rotatable bonds is 8. The van der Waals surface area contributed by atoms with Crippen LogP contribution in [0.25, 0.3) is 5.57 Å². The number of thiocarbonyl (C=S) groups is 1. The van der Waals surface area contributed by atoms with Gasteiger partial charge in [-0.25, -0.2) is 4.79 Å². The van der Waals surface area contributed by atoms with Crippen LogP contribution in [0.3, 0.4) is 0 Å². The summed E-state index contributed by atoms with van der Waals surface area (Å²) in [5.41, 5.74) is 2.97. The fourth-order valence-corrected chi connectivity index (χ4v) is 3.48. The zero-order valence-electron chi connectivity index (χ0n) is 16.1. The number of hydrogen-bond acceptors (Lipinski definition) is 6. The summed E-state index contributed by atoms with van der Waals surface area (Å²) in [6, 6.07) is 15.2. The van der Waals surface area contributed by atoms with Gasteiger partial charge in [0.1, 0.15) is 15.6 Å². The first kappa shape index (κ1) is 21.8. The molecule has 0 unspecified atom stereocenters. The predicted octanol–water partition coefficient (Wildman–Crippen LogP) is 4.88. The minimum Gasteiger partial charge on any atom is -0.503 e. The molecule has 0 aliphatic heterocycles. The molecule has 0 heterocycles. The third-order valence-corrected chi connectivity index (χ3v) is 4.99. The molecule has 2 aromatic carbocycles. The molecule has 2 rings (SSSR count). The summed E-state index contributed by atoms with van der Waals surface area (Å²) in [4.78, 5) is 12.1. The molecule has 0 spiro atoms. The maximum absolute atomic E-state index is 12.1. The van der Waals surface area contributed by atoms with E-state index in [1.165, 1.54) is 32.2 Å². The van der Waals surface area contributed by atoms with Crippen molar-refractivity contribution in [3.63, 3.8) is 0 Å². The van der Waals surface area contributed by atoms with Gasteiger partial charge in [0.15, 0.2) is 0 Å². The maximum atomic E-state index is 12.1. The molecule has 148 valence electrons. The van der Waals surface area contributed by atoms with Crippen LogP contribution in [0.5, 0.6) is 5.75 Å². The normalized spacial score (nSPS) is 10.9. The van der Waals surface area contributed by atoms with Crippen LogP contribution >= 0.6 is 24.0 Å². The fraction of sp³-hybridized carbons (Fsp3) is 0.238. The second-order valence-corrected chi connectivity index (χ2v) is 7.23. The van der Waals surface area contributed by atoms with Gasteiger partial charge in [-0.2, -0.15) is 0 Å². The van der Waals surface area contributed by atoms with Crippen molar-refractivity contribution in [2.75, 3.05) is 26.1 Å². The lowest BCUT2D eigenvalue weighted by molar-refractivity contribution is -0.133. The number of methoxy groups -OCH3 is 2. The SMILES string of the molecule is CCOc1ccc(NC(=S)SCc2ccccc2/C(=C/OC)C(=O)OC)cc1. The third-order valence-electron chi connectivity index (χ3n) is 3.72. The molecule has 0 saturated carbocycles. The van der Waals surface area contributed by atoms with E-state index in [2.05, 4.69) is 5.32 Å². The second kappa shape index (κ2) is 11.4. The highest BCUT2D eigenvalue weighted by Gasteiger charge is 2.16. The molecule has 0 radical (unpaired) electrons. The van der Waals surface area contributed by atoms with Crippen molar-refractivity contribution in [3.8, 4) is 5.75 Å². The summed E-state index contributed by atoms with van der Waals surface area (Å²) < 4.78 is 16.0. The summed E-state index contributed by atoms with van der Waals surface area (Å²) in [6.07, 6.45) is 1.39. The Morgan fingerprint density at radius 3 is 2.50 bits per heavy atom. The van der Waals surface area contributed by atoms with Crippen LogP contribution in [0.15, 0.2) is 54.8 Å². The standard InChI is InChI=1S/C21H23NO4S2/c1-4-26-17-11-9-16(10-12-17)22-21(27)28-14-15-7-5-6-8-18(15)19(13-24-2)20(23)25-3/h5-13H,4,14H2,1-3H3,(H,22,27)/b19-13-. The summed E-state index contributed by atoms with van der Waals surface area (Å²) in [7, 11) is 2.84. The van der Waals surface area contributed by atoms with Gasteiger partial charge < -0.3 is 19.5 Å². The summed E-state index contributed by atoms with van der Waals surface area (Å²) in [6.45, 7) is 2.58. The van der Waals surface area contributed by atoms with Crippen LogP contribution in [0.4, 0.5) is 5.69 Å². The Hall–Kier alpha value is -2.51. The molecule has 0 amide bonds. The summed E-state index contributed by atoms with van der Waals surface area (Å²) in [5.74, 6) is 0.965. The van der Waals surface area contributed by atoms with E-state index in [9.17, 15) is 4.79 Å². The van der Waals surface area contributed by atoms with E-state index in [1.807, 2.05) is 55.5 Å². The van der Waals surface area contributed by atoms with Gasteiger partial charge in [-0.3, -0.25) is 0 Å². The van der Waals surface area contributed by atoms with Gasteiger partial charge in [0.05, 0.1) is 27.1 Å². The Morgan fingerprint density at radius 1 is 1.14 bits per heavy atom. The van der Waals surface area contributed by atoms with E-state index < -0.39 is 5.97 Å². The minimum atomic E-state index is -0.450. The zero-order valence-corrected chi connectivity index (χ0v) is 17.7. The fourth-order valence-electron chi connectivity index (χ4n) is 2.46. The number of carbonyl (C=O) groups is 1. The van der Waals surface area contributed by atoms with Gasteiger partial charge in [-0.05, 0) is 42.3 Å². The van der Waals surface area contributed by atoms with Crippen LogP contribution in [0.1, 0.15) is 18.1 Å². The largest absolute Gasteiger partial charge is 0.503 e. The lowest BCUT2D eigenvalue weighted by Gasteiger charge is -2.12. The molecule has 28 heavy (non-hydrogen) atoms. The Kier molecular flexibility index (Phi) is 8.84. The van der Waals surface area contributed by atoms with Crippen molar-refractivity contribution >= 4 is 45.5 Å². The van der Waals surface area contributed by atoms with Gasteiger partial charge >= 0.3 is 5.97 Å². The highest BCUT2D eigenvalue weighted by Crippen LogP contribution is 2.26. The van der Waals surface area contributed by atoms with Crippen molar-refractivity contribution in [2.45, 2.75) is 12.7 Å². The summed E-state index contributed by atoms with van der Waals surface area (Å²) in [5, 5.41) is 3.20. The molecule has 7 heteroatoms. The number of nitrogens with one attached hydrogen (secondary N) is 1. The van der Waals surface area contributed by atoms with Crippen molar-refractivity contribution < 1.29 is 19.0 Å². The molecule has 0 saturated heterocycles. The number of thioether (sulfide) groups is 1. The smallest absolute Gasteiger partial charge is 0.341 e. The molecule has 1 N–H and O–H groups in total. The van der Waals surface area contributed by atoms with Crippen molar-refractivity contribution in [3.05, 3.63) is 65.9 Å². The minimum absolute atomic E-state index is 0.367. The zero-order chi connectivity index (χ0) is 20.4. The average molecular weight is 418 g/mol. The maximum Gasteiger partial charge on any atom is 0.341 e. The molecule has 2 aromatic rings. The van der Waals surface area contributed by atoms with E-state index in [4.69, 9.17) is 26.4 Å². The first-order valence-electron chi connectivity index (χ1n) is 8.65. The molecular formula is C21H23NO4S2. The lowest BCUT2D eigenvalue weighted by atomic mass is 10.0. The number of ether oxygens (including phenoxy) is 3. The molecule has 0 atom stereocenters. The van der Waals surface area contributed by atoms with E-state index in [-0.39, 0.29) is 0 Å². The van der Waals surface area contributed by atoms with Crippen LogP contribution < -0.4 is 10.1 Å². The van der Waals surface area contributed by atoms with E-state index in [0.29, 0.717) is 22.3 Å². The number of benzene rings is 2. The van der Waals surface area contributed by atoms with Gasteiger partial charge in [-0.1, -0.05) is 48.2 Å². The Morgan fingerprint density at radius 2 is 1.86 bits per heavy atom. The van der Waals surface area contributed by atoms with Gasteiger partial charge in [-0.15, -0.1) is 0 Å². The first-order chi connectivity index (χ1) is 13.6. The molecule has 0 aromatic heterocycles. The van der Waals surface area contributed by atoms with Crippen LogP contribution in [0.2, 0.25) is 0 Å². The number of hydrogen-bond donors (Lipinski definition) is 1. The molecular weight excluding hydrogens is 394 g/mol. The van der Waals surface area contributed by atoms with Crippen molar-refractivity contribution in [1.82, 2.24) is 0 Å². The third kappa shape index (κ3) is 6.28. The van der Waals surface area contributed by atoms with Crippen LogP contribution in [0, 0.1) is 0 Å². The summed E-state index contributed by atoms with van der Waals surface area (Å²) >= 11 is 6.92. The van der Waals surface area contributed by atoms with Crippen LogP contribution in [-0.2, 0) is 20.0 Å². The van der Waals surface area contributed by atoms with E-state index in [1.54, 1.807) is 0 Å². The van der Waals surface area contributed by atoms with E-state index in [0.717, 1.165) is 22.6 Å². The Labute approximate surface area is 175 Å². The number of anilines is 1. The van der Waals surface area contributed by atoms with Crippen molar-refractivity contribution in [2.24, 2.45) is 0 Å². The average Bonchev–Trinajstić information content (AvgIpc) is 2.72. The second-order valence-electron chi connectivity index (χ2n) is 5.57. The van der Waals surface area contributed by atoms with Gasteiger partial charge in [0, 0.05) is 11.4 Å². The van der Waals surface area contributed by atoms with Crippen molar-refractivity contribution in [1.29, 1.82) is 0 Å². The molecule has 0 aliphatic rings. The lowest BCUT2D eigenvalue weighted by Crippen LogP contribution is -2.08. The Bertz CT molecular complexity index is 835. The number of carbonyl (C=O) groups excluding carboxylic acids is 1. The topological polar surface area (TPSA) is 56.8 Å². The number of esters is 1. The monoisotopic (exact) mass is 417 g/mol. The molecule has 0 aliphatic carbocycles. The van der Waals surface area contributed by atoms with Crippen LogP contribution in [-0.4, -0.2) is 31.1 Å². The predicted molar refractivity (Wildman–Crippen MR) is 119 cm³/mol. The van der Waals surface area contributed by atoms with E-state index >= 15 is 0 Å². The molecule has 5 nitrogen and oxygen atoms in total. The highest BCUT2D eigenvalue weighted by molar-refractivity contribution is 8.22.